The summed E-state index contributed by atoms with van der Waals surface area (Å²) in [4.78, 5) is 0. The first kappa shape index (κ1) is 20.3. The Kier molecular flexibility index (Phi) is 6.04. The molecule has 0 unspecified atom stereocenters. The zero-order valence-corrected chi connectivity index (χ0v) is 18.9. The molecule has 3 nitrogen and oxygen atoms in total. The van der Waals surface area contributed by atoms with Gasteiger partial charge in [-0.15, -0.1) is 10.8 Å². The van der Waals surface area contributed by atoms with Crippen molar-refractivity contribution in [3.05, 3.63) is 82.2 Å². The number of hydrogen-bond donors (Lipinski definition) is 0. The zero-order chi connectivity index (χ0) is 20.3. The van der Waals surface area contributed by atoms with E-state index in [0.29, 0.717) is 11.6 Å². The third-order valence-electron chi connectivity index (χ3n) is 4.40. The summed E-state index contributed by atoms with van der Waals surface area (Å²) in [6, 6.07) is 18.2. The van der Waals surface area contributed by atoms with Gasteiger partial charge in [-0.2, -0.15) is 0 Å². The van der Waals surface area contributed by atoms with E-state index in [1.807, 2.05) is 47.1 Å². The van der Waals surface area contributed by atoms with E-state index in [-0.39, 0.29) is 0 Å². The summed E-state index contributed by atoms with van der Waals surface area (Å²) in [5.41, 5.74) is 8.72. The van der Waals surface area contributed by atoms with E-state index in [1.165, 1.54) is 10.8 Å². The van der Waals surface area contributed by atoms with Crippen molar-refractivity contribution in [1.29, 1.82) is 0 Å². The first-order valence-electron chi connectivity index (χ1n) is 9.44. The molecule has 0 saturated heterocycles. The molecular formula is C23H26ClN3Si. The van der Waals surface area contributed by atoms with E-state index < -0.39 is 8.07 Å². The van der Waals surface area contributed by atoms with Crippen LogP contribution in [0.3, 0.4) is 0 Å². The molecule has 0 aliphatic heterocycles. The van der Waals surface area contributed by atoms with Crippen molar-refractivity contribution in [1.82, 2.24) is 15.0 Å². The quantitative estimate of drug-likeness (QED) is 0.358. The van der Waals surface area contributed by atoms with Crippen LogP contribution in [0.25, 0.3) is 16.5 Å². The van der Waals surface area contributed by atoms with E-state index >= 15 is 0 Å². The third-order valence-corrected chi connectivity index (χ3v) is 6.59. The molecule has 0 bridgehead atoms. The van der Waals surface area contributed by atoms with Crippen LogP contribution >= 0.6 is 11.6 Å². The highest BCUT2D eigenvalue weighted by molar-refractivity contribution is 6.93. The minimum atomic E-state index is -1.74. The fraction of sp³-hybridized carbons (Fsp3) is 0.261. The lowest BCUT2D eigenvalue weighted by atomic mass is 10.1. The predicted octanol–water partition coefficient (Wildman–Crippen LogP) is 6.47. The second-order valence-corrected chi connectivity index (χ2v) is 13.6. The third kappa shape index (κ3) is 4.53. The Morgan fingerprint density at radius 3 is 2.25 bits per heavy atom. The molecule has 1 heterocycles. The van der Waals surface area contributed by atoms with Crippen molar-refractivity contribution in [2.45, 2.75) is 40.0 Å². The number of hydrogen-bond acceptors (Lipinski definition) is 2. The van der Waals surface area contributed by atoms with Gasteiger partial charge in [0, 0.05) is 10.8 Å². The first-order valence-corrected chi connectivity index (χ1v) is 13.3. The van der Waals surface area contributed by atoms with E-state index in [1.54, 1.807) is 0 Å². The smallest absolute Gasteiger partial charge is 0.122 e. The van der Waals surface area contributed by atoms with Gasteiger partial charge in [-0.1, -0.05) is 85.0 Å². The number of nitrogens with zero attached hydrogens (tertiary/aromatic N) is 3. The summed E-state index contributed by atoms with van der Waals surface area (Å²) in [5, 5.41) is 11.0. The number of rotatable bonds is 5. The topological polar surface area (TPSA) is 30.7 Å². The number of aromatic nitrogens is 3. The largest absolute Gasteiger partial charge is 0.240 e. The van der Waals surface area contributed by atoms with E-state index in [0.717, 1.165) is 22.5 Å². The van der Waals surface area contributed by atoms with Crippen LogP contribution in [0.15, 0.2) is 65.9 Å². The fourth-order valence-corrected chi connectivity index (χ4v) is 4.92. The van der Waals surface area contributed by atoms with Gasteiger partial charge in [0.1, 0.15) is 5.69 Å². The highest BCUT2D eigenvalue weighted by Gasteiger charge is 2.29. The van der Waals surface area contributed by atoms with Crippen LogP contribution in [0.1, 0.15) is 25.1 Å². The Morgan fingerprint density at radius 2 is 1.64 bits per heavy atom. The van der Waals surface area contributed by atoms with Crippen LogP contribution in [0, 0.1) is 0 Å². The van der Waals surface area contributed by atoms with Gasteiger partial charge in [-0.3, -0.25) is 0 Å². The predicted molar refractivity (Wildman–Crippen MR) is 121 cm³/mol. The summed E-state index contributed by atoms with van der Waals surface area (Å²) in [6.07, 6.45) is 0. The van der Waals surface area contributed by atoms with Gasteiger partial charge in [-0.25, -0.2) is 4.68 Å². The molecule has 0 spiro atoms. The molecule has 2 aromatic carbocycles. The molecule has 144 valence electrons. The van der Waals surface area contributed by atoms with Crippen LogP contribution in [0.2, 0.25) is 24.7 Å². The van der Waals surface area contributed by atoms with E-state index in [4.69, 9.17) is 11.6 Å². The van der Waals surface area contributed by atoms with Crippen molar-refractivity contribution < 1.29 is 0 Å². The Morgan fingerprint density at radius 1 is 1.00 bits per heavy atom. The summed E-state index contributed by atoms with van der Waals surface area (Å²) < 4.78 is 2.00. The molecule has 3 rings (SSSR count). The second kappa shape index (κ2) is 8.32. The van der Waals surface area contributed by atoms with Crippen molar-refractivity contribution in [3.8, 4) is 11.3 Å². The highest BCUT2D eigenvalue weighted by Crippen LogP contribution is 2.35. The standard InChI is InChI=1S/C23H26ClN3Si/c1-17(2)15-21(28(3,4)5)23-22(19-13-9-10-14-20(19)24)25-26-27(23)16-18-11-7-6-8-12-18/h6-14H,16H2,1-5H3. The van der Waals surface area contributed by atoms with Gasteiger partial charge in [0.15, 0.2) is 0 Å². The first-order chi connectivity index (χ1) is 13.3. The van der Waals surface area contributed by atoms with Crippen molar-refractivity contribution in [3.63, 3.8) is 0 Å². The average molecular weight is 408 g/mol. The molecule has 28 heavy (non-hydrogen) atoms. The van der Waals surface area contributed by atoms with Gasteiger partial charge in [-0.05, 0) is 31.1 Å². The van der Waals surface area contributed by atoms with Crippen molar-refractivity contribution in [2.24, 2.45) is 0 Å². The molecule has 3 aromatic rings. The highest BCUT2D eigenvalue weighted by atomic mass is 35.5. The minimum absolute atomic E-state index is 0.659. The zero-order valence-electron chi connectivity index (χ0n) is 17.1. The molecule has 0 aliphatic carbocycles. The molecular weight excluding hydrogens is 382 g/mol. The monoisotopic (exact) mass is 407 g/mol. The average Bonchev–Trinajstić information content (AvgIpc) is 3.02. The van der Waals surface area contributed by atoms with E-state index in [9.17, 15) is 0 Å². The van der Waals surface area contributed by atoms with Crippen LogP contribution < -0.4 is 0 Å². The normalized spacial score (nSPS) is 11.2. The molecule has 0 atom stereocenters. The van der Waals surface area contributed by atoms with Crippen LogP contribution in [0.4, 0.5) is 0 Å². The summed E-state index contributed by atoms with van der Waals surface area (Å²) >= 11 is 6.52. The molecule has 0 N–H and O–H groups in total. The molecule has 5 heteroatoms. The van der Waals surface area contributed by atoms with Crippen LogP contribution in [-0.2, 0) is 6.54 Å². The molecule has 0 aliphatic rings. The van der Waals surface area contributed by atoms with Crippen LogP contribution in [-0.4, -0.2) is 23.1 Å². The maximum Gasteiger partial charge on any atom is 0.122 e. The number of allylic oxidation sites excluding steroid dienone is 1. The van der Waals surface area contributed by atoms with Gasteiger partial charge in [0.05, 0.1) is 25.3 Å². The molecule has 0 amide bonds. The molecule has 0 saturated carbocycles. The maximum absolute atomic E-state index is 6.52. The van der Waals surface area contributed by atoms with Gasteiger partial charge >= 0.3 is 0 Å². The fourth-order valence-electron chi connectivity index (χ4n) is 3.11. The maximum atomic E-state index is 6.52. The summed E-state index contributed by atoms with van der Waals surface area (Å²) in [7, 11) is -1.74. The second-order valence-electron chi connectivity index (χ2n) is 8.16. The summed E-state index contributed by atoms with van der Waals surface area (Å²) in [5.74, 6) is 0. The Hall–Kier alpha value is -2.39. The Labute approximate surface area is 173 Å². The molecule has 0 radical (unpaired) electrons. The Balaban J connectivity index is 2.28. The Bertz CT molecular complexity index is 1040. The van der Waals surface area contributed by atoms with Gasteiger partial charge < -0.3 is 0 Å². The SMILES string of the molecule is CC(C)=C=C(c1c(-c2ccccc2Cl)nnn1Cc1ccccc1)[Si](C)(C)C. The van der Waals surface area contributed by atoms with Crippen molar-refractivity contribution in [2.75, 3.05) is 0 Å². The number of benzene rings is 2. The molecule has 1 aromatic heterocycles. The lowest BCUT2D eigenvalue weighted by Gasteiger charge is -2.21. The van der Waals surface area contributed by atoms with Gasteiger partial charge in [0.2, 0.25) is 0 Å². The minimum Gasteiger partial charge on any atom is -0.240 e. The number of halogens is 1. The van der Waals surface area contributed by atoms with Crippen LogP contribution in [0.5, 0.6) is 0 Å². The van der Waals surface area contributed by atoms with Gasteiger partial charge in [0.25, 0.3) is 0 Å². The lowest BCUT2D eigenvalue weighted by molar-refractivity contribution is 0.644. The lowest BCUT2D eigenvalue weighted by Crippen LogP contribution is -2.25. The summed E-state index contributed by atoms with van der Waals surface area (Å²) in [6.45, 7) is 11.8. The van der Waals surface area contributed by atoms with Crippen molar-refractivity contribution >= 4 is 24.9 Å². The molecule has 0 fully saturated rings. The van der Waals surface area contributed by atoms with E-state index in [2.05, 4.69) is 61.7 Å².